The molecule has 1 aliphatic carbocycles. The molecule has 0 nitrogen and oxygen atoms in total. The molecule has 0 saturated carbocycles. The number of halogens is 2. The van der Waals surface area contributed by atoms with E-state index < -0.39 is 0 Å². The molecule has 50 valence electrons. The number of hydrogen-bond acceptors (Lipinski definition) is 0. The van der Waals surface area contributed by atoms with Gasteiger partial charge in [0, 0.05) is 0 Å². The molecule has 8 heavy (non-hydrogen) atoms. The van der Waals surface area contributed by atoms with Crippen LogP contribution < -0.4 is 0 Å². The van der Waals surface area contributed by atoms with Gasteiger partial charge in [0.05, 0.1) is 0 Å². The standard InChI is InChI=1S/C5H7.2ClH.Rh/c1-2-4-5-3-1;;;/h1H,2,4-5H2;2*1H;/q-1;;;+3/p-2. The Hall–Kier alpha value is 0.943. The first-order valence-corrected chi connectivity index (χ1v) is 6.52. The molecule has 0 unspecified atom stereocenters. The second kappa shape index (κ2) is 7.94. The van der Waals surface area contributed by atoms with Gasteiger partial charge in [-0.05, 0) is 0 Å². The van der Waals surface area contributed by atoms with Crippen LogP contribution in [0.15, 0.2) is 6.08 Å². The third-order valence-electron chi connectivity index (χ3n) is 0.814. The molecule has 0 amide bonds. The average molecular weight is 241 g/mol. The van der Waals surface area contributed by atoms with Crippen LogP contribution in [0.1, 0.15) is 19.3 Å². The maximum absolute atomic E-state index is 4.83. The van der Waals surface area contributed by atoms with E-state index in [0.717, 1.165) is 0 Å². The molecule has 0 heterocycles. The molecule has 0 radical (unpaired) electrons. The van der Waals surface area contributed by atoms with Crippen molar-refractivity contribution in [3.63, 3.8) is 0 Å². The molecule has 3 heteroatoms. The van der Waals surface area contributed by atoms with Gasteiger partial charge in [0.15, 0.2) is 0 Å². The fourth-order valence-corrected chi connectivity index (χ4v) is 0.510. The molecule has 0 bridgehead atoms. The van der Waals surface area contributed by atoms with Gasteiger partial charge in [0.2, 0.25) is 0 Å². The van der Waals surface area contributed by atoms with Crippen LogP contribution in [-0.2, 0) is 15.1 Å². The van der Waals surface area contributed by atoms with Gasteiger partial charge in [-0.1, -0.05) is 12.8 Å². The molecule has 0 aliphatic heterocycles. The zero-order valence-corrected chi connectivity index (χ0v) is 7.44. The quantitative estimate of drug-likeness (QED) is 0.451. The van der Waals surface area contributed by atoms with Gasteiger partial charge in [0.1, 0.15) is 0 Å². The topological polar surface area (TPSA) is 0 Å². The van der Waals surface area contributed by atoms with Crippen molar-refractivity contribution in [2.75, 3.05) is 0 Å². The van der Waals surface area contributed by atoms with Crippen molar-refractivity contribution in [3.05, 3.63) is 12.2 Å². The molecule has 1 rings (SSSR count). The van der Waals surface area contributed by atoms with Gasteiger partial charge in [-0.25, -0.2) is 0 Å². The SMILES string of the molecule is [C-]1=CCCC1.[Cl][Rh+][Cl]. The fraction of sp³-hybridized carbons (Fsp3) is 0.600. The summed E-state index contributed by atoms with van der Waals surface area (Å²) in [6.07, 6.45) is 9.00. The molecular weight excluding hydrogens is 234 g/mol. The van der Waals surface area contributed by atoms with Gasteiger partial charge < -0.3 is 6.08 Å². The van der Waals surface area contributed by atoms with E-state index in [2.05, 4.69) is 12.2 Å². The molecule has 0 atom stereocenters. The summed E-state index contributed by atoms with van der Waals surface area (Å²) in [5.41, 5.74) is 0. The van der Waals surface area contributed by atoms with Gasteiger partial charge >= 0.3 is 34.5 Å². The van der Waals surface area contributed by atoms with Crippen LogP contribution >= 0.6 is 19.4 Å². The van der Waals surface area contributed by atoms with Crippen LogP contribution in [0.5, 0.6) is 0 Å². The van der Waals surface area contributed by atoms with Gasteiger partial charge in [-0.15, -0.1) is 0 Å². The summed E-state index contributed by atoms with van der Waals surface area (Å²) in [4.78, 5) is 0. The van der Waals surface area contributed by atoms with Crippen molar-refractivity contribution in [1.82, 2.24) is 0 Å². The molecule has 0 aromatic carbocycles. The van der Waals surface area contributed by atoms with E-state index in [1.807, 2.05) is 0 Å². The molecule has 0 N–H and O–H groups in total. The number of allylic oxidation sites excluding steroid dienone is 2. The van der Waals surface area contributed by atoms with Gasteiger partial charge in [0.25, 0.3) is 0 Å². The summed E-state index contributed by atoms with van der Waals surface area (Å²) in [6, 6.07) is 0. The Labute approximate surface area is 65.9 Å². The zero-order chi connectivity index (χ0) is 6.24. The Balaban J connectivity index is 0.000000145. The van der Waals surface area contributed by atoms with Crippen molar-refractivity contribution in [2.45, 2.75) is 19.3 Å². The predicted octanol–water partition coefficient (Wildman–Crippen LogP) is 2.91. The first-order chi connectivity index (χ1) is 3.91. The van der Waals surface area contributed by atoms with E-state index in [1.165, 1.54) is 19.3 Å². The molecule has 1 aliphatic rings. The summed E-state index contributed by atoms with van der Waals surface area (Å²) in [5.74, 6) is 0. The Kier molecular flexibility index (Phi) is 8.88. The summed E-state index contributed by atoms with van der Waals surface area (Å²) in [6.45, 7) is 0. The first kappa shape index (κ1) is 8.94. The van der Waals surface area contributed by atoms with E-state index in [0.29, 0.717) is 0 Å². The summed E-state index contributed by atoms with van der Waals surface area (Å²) in [7, 11) is 9.67. The van der Waals surface area contributed by atoms with Crippen molar-refractivity contribution in [1.29, 1.82) is 0 Å². The summed E-state index contributed by atoms with van der Waals surface area (Å²) < 4.78 is 0. The molecule has 0 fully saturated rings. The van der Waals surface area contributed by atoms with Crippen LogP contribution in [-0.4, -0.2) is 0 Å². The Bertz CT molecular complexity index is 57.4. The third kappa shape index (κ3) is 6.94. The maximum atomic E-state index is 4.83. The molecular formula is C5H7Cl2Rh. The van der Waals surface area contributed by atoms with Crippen LogP contribution in [0.4, 0.5) is 0 Å². The van der Waals surface area contributed by atoms with Crippen molar-refractivity contribution in [2.24, 2.45) is 0 Å². The van der Waals surface area contributed by atoms with E-state index in [4.69, 9.17) is 19.4 Å². The number of rotatable bonds is 0. The van der Waals surface area contributed by atoms with Crippen molar-refractivity contribution < 1.29 is 15.1 Å². The molecule has 0 saturated heterocycles. The van der Waals surface area contributed by atoms with Crippen molar-refractivity contribution in [3.8, 4) is 0 Å². The van der Waals surface area contributed by atoms with Crippen LogP contribution in [0.2, 0.25) is 0 Å². The normalized spacial score (nSPS) is 15.8. The second-order valence-corrected chi connectivity index (χ2v) is 3.84. The molecule has 0 aromatic heterocycles. The fourth-order valence-electron chi connectivity index (χ4n) is 0.510. The Morgan fingerprint density at radius 2 is 2.12 bits per heavy atom. The summed E-state index contributed by atoms with van der Waals surface area (Å²) >= 11 is -0.226. The zero-order valence-electron chi connectivity index (χ0n) is 4.29. The average Bonchev–Trinajstić information content (AvgIpc) is 2.17. The predicted molar refractivity (Wildman–Crippen MR) is 33.4 cm³/mol. The summed E-state index contributed by atoms with van der Waals surface area (Å²) in [5, 5.41) is 0. The van der Waals surface area contributed by atoms with E-state index in [9.17, 15) is 0 Å². The minimum absolute atomic E-state index is 0.226. The van der Waals surface area contributed by atoms with E-state index in [1.54, 1.807) is 0 Å². The van der Waals surface area contributed by atoms with Gasteiger partial charge in [-0.3, -0.25) is 6.08 Å². The molecule has 0 spiro atoms. The van der Waals surface area contributed by atoms with E-state index in [-0.39, 0.29) is 15.1 Å². The van der Waals surface area contributed by atoms with Crippen LogP contribution in [0, 0.1) is 6.08 Å². The van der Waals surface area contributed by atoms with E-state index >= 15 is 0 Å². The van der Waals surface area contributed by atoms with Gasteiger partial charge in [-0.2, -0.15) is 6.42 Å². The molecule has 0 aromatic rings. The number of hydrogen-bond donors (Lipinski definition) is 0. The monoisotopic (exact) mass is 240 g/mol. The third-order valence-corrected chi connectivity index (χ3v) is 0.814. The second-order valence-electron chi connectivity index (χ2n) is 1.35. The minimum atomic E-state index is -0.226. The van der Waals surface area contributed by atoms with Crippen LogP contribution in [0.3, 0.4) is 0 Å². The van der Waals surface area contributed by atoms with Crippen molar-refractivity contribution >= 4 is 19.4 Å². The first-order valence-electron chi connectivity index (χ1n) is 2.30. The van der Waals surface area contributed by atoms with Crippen LogP contribution in [0.25, 0.3) is 0 Å². The Morgan fingerprint density at radius 1 is 1.50 bits per heavy atom. The Morgan fingerprint density at radius 3 is 2.25 bits per heavy atom.